The number of rotatable bonds is 1. The summed E-state index contributed by atoms with van der Waals surface area (Å²) in [6, 6.07) is 6.48. The van der Waals surface area contributed by atoms with E-state index >= 15 is 0 Å². The molecule has 14 heavy (non-hydrogen) atoms. The van der Waals surface area contributed by atoms with Gasteiger partial charge in [0.2, 0.25) is 4.73 Å². The van der Waals surface area contributed by atoms with Crippen molar-refractivity contribution in [2.24, 2.45) is 7.05 Å². The fourth-order valence-electron chi connectivity index (χ4n) is 1.23. The third-order valence-electron chi connectivity index (χ3n) is 1.85. The van der Waals surface area contributed by atoms with Gasteiger partial charge in [-0.1, -0.05) is 12.1 Å². The zero-order valence-corrected chi connectivity index (χ0v) is 8.99. The molecule has 0 radical (unpaired) electrons. The summed E-state index contributed by atoms with van der Waals surface area (Å²) < 4.78 is 15.4. The highest BCUT2D eigenvalue weighted by atomic mass is 79.9. The molecular formula is C9H7BrFN3. The van der Waals surface area contributed by atoms with Gasteiger partial charge in [-0.25, -0.2) is 14.1 Å². The minimum Gasteiger partial charge on any atom is -0.248 e. The van der Waals surface area contributed by atoms with Crippen LogP contribution in [0.25, 0.3) is 11.4 Å². The van der Waals surface area contributed by atoms with Crippen LogP contribution in [0.1, 0.15) is 0 Å². The minimum atomic E-state index is -0.296. The summed E-state index contributed by atoms with van der Waals surface area (Å²) in [6.45, 7) is 0. The van der Waals surface area contributed by atoms with Gasteiger partial charge in [-0.3, -0.25) is 0 Å². The largest absolute Gasteiger partial charge is 0.248 e. The van der Waals surface area contributed by atoms with Gasteiger partial charge in [0.05, 0.1) is 5.56 Å². The lowest BCUT2D eigenvalue weighted by Crippen LogP contribution is -1.96. The summed E-state index contributed by atoms with van der Waals surface area (Å²) in [5.41, 5.74) is 0.452. The van der Waals surface area contributed by atoms with Gasteiger partial charge in [-0.05, 0) is 28.1 Å². The molecule has 0 aliphatic carbocycles. The maximum Gasteiger partial charge on any atom is 0.217 e. The molecular weight excluding hydrogens is 249 g/mol. The number of benzene rings is 1. The summed E-state index contributed by atoms with van der Waals surface area (Å²) in [4.78, 5) is 4.07. The lowest BCUT2D eigenvalue weighted by molar-refractivity contribution is 0.627. The molecule has 0 atom stereocenters. The fourth-order valence-corrected chi connectivity index (χ4v) is 1.64. The molecule has 0 N–H and O–H groups in total. The summed E-state index contributed by atoms with van der Waals surface area (Å²) in [5, 5.41) is 3.98. The summed E-state index contributed by atoms with van der Waals surface area (Å²) in [6.07, 6.45) is 0. The van der Waals surface area contributed by atoms with Crippen molar-refractivity contribution in [3.05, 3.63) is 34.8 Å². The van der Waals surface area contributed by atoms with Crippen molar-refractivity contribution in [3.8, 4) is 11.4 Å². The number of aryl methyl sites for hydroxylation is 1. The Labute approximate surface area is 88.7 Å². The van der Waals surface area contributed by atoms with Gasteiger partial charge in [-0.2, -0.15) is 0 Å². The first-order chi connectivity index (χ1) is 6.68. The Morgan fingerprint density at radius 2 is 2.07 bits per heavy atom. The second-order valence-corrected chi connectivity index (χ2v) is 3.52. The van der Waals surface area contributed by atoms with Crippen molar-refractivity contribution in [2.45, 2.75) is 0 Å². The number of hydrogen-bond acceptors (Lipinski definition) is 2. The summed E-state index contributed by atoms with van der Waals surface area (Å²) in [7, 11) is 1.72. The number of aromatic nitrogens is 3. The van der Waals surface area contributed by atoms with Gasteiger partial charge >= 0.3 is 0 Å². The van der Waals surface area contributed by atoms with Crippen LogP contribution in [0.5, 0.6) is 0 Å². The van der Waals surface area contributed by atoms with E-state index in [1.807, 2.05) is 0 Å². The van der Waals surface area contributed by atoms with Crippen LogP contribution in [-0.4, -0.2) is 14.8 Å². The van der Waals surface area contributed by atoms with Gasteiger partial charge in [0.15, 0.2) is 5.82 Å². The molecule has 0 aliphatic heterocycles. The first-order valence-electron chi connectivity index (χ1n) is 4.00. The molecule has 2 aromatic rings. The van der Waals surface area contributed by atoms with E-state index in [1.54, 1.807) is 25.2 Å². The monoisotopic (exact) mass is 255 g/mol. The van der Waals surface area contributed by atoms with Crippen LogP contribution in [0, 0.1) is 5.82 Å². The number of halogens is 2. The van der Waals surface area contributed by atoms with E-state index in [0.29, 0.717) is 16.1 Å². The molecule has 72 valence electrons. The predicted octanol–water partition coefficient (Wildman–Crippen LogP) is 2.38. The van der Waals surface area contributed by atoms with Crippen molar-refractivity contribution < 1.29 is 4.39 Å². The van der Waals surface area contributed by atoms with Crippen LogP contribution >= 0.6 is 15.9 Å². The van der Waals surface area contributed by atoms with E-state index in [4.69, 9.17) is 0 Å². The van der Waals surface area contributed by atoms with Gasteiger partial charge in [0.1, 0.15) is 5.82 Å². The molecule has 2 rings (SSSR count). The highest BCUT2D eigenvalue weighted by Crippen LogP contribution is 2.21. The maximum atomic E-state index is 13.4. The van der Waals surface area contributed by atoms with Crippen molar-refractivity contribution in [3.63, 3.8) is 0 Å². The standard InChI is InChI=1S/C9H7BrFN3/c1-14-8(12-9(10)13-14)6-4-2-3-5-7(6)11/h2-5H,1H3. The molecule has 0 bridgehead atoms. The topological polar surface area (TPSA) is 30.7 Å². The average molecular weight is 256 g/mol. The second kappa shape index (κ2) is 3.49. The normalized spacial score (nSPS) is 10.5. The second-order valence-electron chi connectivity index (χ2n) is 2.81. The van der Waals surface area contributed by atoms with E-state index < -0.39 is 0 Å². The molecule has 0 amide bonds. The van der Waals surface area contributed by atoms with E-state index in [0.717, 1.165) is 0 Å². The van der Waals surface area contributed by atoms with Gasteiger partial charge < -0.3 is 0 Å². The molecule has 0 saturated carbocycles. The maximum absolute atomic E-state index is 13.4. The number of hydrogen-bond donors (Lipinski definition) is 0. The third-order valence-corrected chi connectivity index (χ3v) is 2.19. The van der Waals surface area contributed by atoms with Gasteiger partial charge in [0.25, 0.3) is 0 Å². The first kappa shape index (κ1) is 9.33. The zero-order chi connectivity index (χ0) is 10.1. The highest BCUT2D eigenvalue weighted by Gasteiger charge is 2.11. The van der Waals surface area contributed by atoms with Crippen molar-refractivity contribution in [1.29, 1.82) is 0 Å². The van der Waals surface area contributed by atoms with Crippen LogP contribution in [0.3, 0.4) is 0 Å². The average Bonchev–Trinajstić information content (AvgIpc) is 2.46. The first-order valence-corrected chi connectivity index (χ1v) is 4.79. The van der Waals surface area contributed by atoms with Crippen LogP contribution in [0.15, 0.2) is 29.0 Å². The summed E-state index contributed by atoms with van der Waals surface area (Å²) in [5.74, 6) is 0.213. The predicted molar refractivity (Wildman–Crippen MR) is 54.1 cm³/mol. The Morgan fingerprint density at radius 1 is 1.36 bits per heavy atom. The molecule has 0 unspecified atom stereocenters. The molecule has 1 aromatic heterocycles. The molecule has 1 aromatic carbocycles. The van der Waals surface area contributed by atoms with Crippen LogP contribution in [0.4, 0.5) is 4.39 Å². The molecule has 1 heterocycles. The Hall–Kier alpha value is -1.23. The molecule has 0 fully saturated rings. The number of nitrogens with zero attached hydrogens (tertiary/aromatic N) is 3. The van der Waals surface area contributed by atoms with Crippen molar-refractivity contribution in [2.75, 3.05) is 0 Å². The third kappa shape index (κ3) is 1.55. The van der Waals surface area contributed by atoms with Crippen molar-refractivity contribution in [1.82, 2.24) is 14.8 Å². The van der Waals surface area contributed by atoms with E-state index in [2.05, 4.69) is 26.0 Å². The van der Waals surface area contributed by atoms with Crippen LogP contribution in [-0.2, 0) is 7.05 Å². The Morgan fingerprint density at radius 3 is 2.64 bits per heavy atom. The van der Waals surface area contributed by atoms with Gasteiger partial charge in [-0.15, -0.1) is 5.10 Å². The molecule has 0 aliphatic rings. The van der Waals surface area contributed by atoms with Crippen LogP contribution in [0.2, 0.25) is 0 Å². The molecule has 0 saturated heterocycles. The lowest BCUT2D eigenvalue weighted by Gasteiger charge is -2.00. The highest BCUT2D eigenvalue weighted by molar-refractivity contribution is 9.10. The SMILES string of the molecule is Cn1nc(Br)nc1-c1ccccc1F. The van der Waals surface area contributed by atoms with Gasteiger partial charge in [0, 0.05) is 7.05 Å². The van der Waals surface area contributed by atoms with E-state index in [9.17, 15) is 4.39 Å². The zero-order valence-electron chi connectivity index (χ0n) is 7.41. The molecule has 3 nitrogen and oxygen atoms in total. The Bertz CT molecular complexity index is 467. The Balaban J connectivity index is 2.60. The quantitative estimate of drug-likeness (QED) is 0.784. The van der Waals surface area contributed by atoms with E-state index in [-0.39, 0.29) is 5.82 Å². The van der Waals surface area contributed by atoms with Crippen molar-refractivity contribution >= 4 is 15.9 Å². The smallest absolute Gasteiger partial charge is 0.217 e. The molecule has 0 spiro atoms. The minimum absolute atomic E-state index is 0.296. The summed E-state index contributed by atoms with van der Waals surface area (Å²) >= 11 is 3.14. The fraction of sp³-hybridized carbons (Fsp3) is 0.111. The lowest BCUT2D eigenvalue weighted by atomic mass is 10.2. The van der Waals surface area contributed by atoms with Crippen LogP contribution < -0.4 is 0 Å². The molecule has 5 heteroatoms. The van der Waals surface area contributed by atoms with E-state index in [1.165, 1.54) is 10.7 Å². The Kier molecular flexibility index (Phi) is 2.33.